The molecule has 1 amide bonds. The number of nitrogens with one attached hydrogen (secondary N) is 1. The molecule has 4 rings (SSSR count). The zero-order valence-electron chi connectivity index (χ0n) is 25.9. The second-order valence-corrected chi connectivity index (χ2v) is 14.4. The second kappa shape index (κ2) is 13.2. The molecule has 41 heavy (non-hydrogen) atoms. The zero-order chi connectivity index (χ0) is 29.9. The second-order valence-electron chi connectivity index (χ2n) is 14.4. The molecule has 0 saturated heterocycles. The van der Waals surface area contributed by atoms with Gasteiger partial charge in [-0.05, 0) is 124 Å². The van der Waals surface area contributed by atoms with Gasteiger partial charge >= 0.3 is 5.97 Å². The standard InChI is InChI=1S/C32H57N5O4/c1-5-41-27(39)11-8-19(2)22-9-10-23-28-24(13-15-32(22,23)4)31(3)14-12-21(17-20(31)18-26(28)38)37-29(40)25(33)7-6-16-36-30(34)35/h19-26,28,38H,5-18,33H2,1-4H3,(H,37,40)(H4,34,35,36). The fourth-order valence-electron chi connectivity index (χ4n) is 10.1. The normalized spacial score (nSPS) is 39.4. The van der Waals surface area contributed by atoms with Crippen molar-refractivity contribution in [1.82, 2.24) is 5.32 Å². The molecule has 234 valence electrons. The lowest BCUT2D eigenvalue weighted by molar-refractivity contribution is -0.167. The van der Waals surface area contributed by atoms with E-state index in [1.807, 2.05) is 6.92 Å². The predicted molar refractivity (Wildman–Crippen MR) is 161 cm³/mol. The molecule has 0 heterocycles. The highest BCUT2D eigenvalue weighted by Gasteiger charge is 2.62. The van der Waals surface area contributed by atoms with Gasteiger partial charge in [-0.3, -0.25) is 14.6 Å². The first-order valence-electron chi connectivity index (χ1n) is 16.4. The van der Waals surface area contributed by atoms with Gasteiger partial charge in [0.15, 0.2) is 5.96 Å². The van der Waals surface area contributed by atoms with E-state index in [1.54, 1.807) is 0 Å². The number of ether oxygens (including phenoxy) is 1. The summed E-state index contributed by atoms with van der Waals surface area (Å²) in [5.41, 5.74) is 17.3. The summed E-state index contributed by atoms with van der Waals surface area (Å²) in [6.45, 7) is 10.1. The Morgan fingerprint density at radius 2 is 1.76 bits per heavy atom. The van der Waals surface area contributed by atoms with E-state index in [0.717, 1.165) is 32.1 Å². The minimum atomic E-state index is -0.565. The summed E-state index contributed by atoms with van der Waals surface area (Å²) in [6.07, 6.45) is 10.8. The van der Waals surface area contributed by atoms with Gasteiger partial charge in [0, 0.05) is 19.0 Å². The fourth-order valence-corrected chi connectivity index (χ4v) is 10.1. The van der Waals surface area contributed by atoms with Crippen LogP contribution in [0.1, 0.15) is 105 Å². The predicted octanol–water partition coefficient (Wildman–Crippen LogP) is 3.46. The molecule has 9 nitrogen and oxygen atoms in total. The van der Waals surface area contributed by atoms with Gasteiger partial charge in [0.05, 0.1) is 18.8 Å². The number of fused-ring (bicyclic) bond motifs is 5. The van der Waals surface area contributed by atoms with Gasteiger partial charge in [-0.15, -0.1) is 0 Å². The first kappa shape index (κ1) is 32.1. The van der Waals surface area contributed by atoms with Crippen molar-refractivity contribution in [1.29, 1.82) is 0 Å². The van der Waals surface area contributed by atoms with Crippen molar-refractivity contribution in [2.75, 3.05) is 13.2 Å². The van der Waals surface area contributed by atoms with Crippen LogP contribution in [-0.2, 0) is 14.3 Å². The van der Waals surface area contributed by atoms with Crippen molar-refractivity contribution < 1.29 is 19.4 Å². The van der Waals surface area contributed by atoms with E-state index in [-0.39, 0.29) is 40.8 Å². The fraction of sp³-hybridized carbons (Fsp3) is 0.906. The Bertz CT molecular complexity index is 956. The van der Waals surface area contributed by atoms with Crippen molar-refractivity contribution in [2.24, 2.45) is 68.5 Å². The molecular formula is C32H57N5O4. The number of carbonyl (C=O) groups is 2. The van der Waals surface area contributed by atoms with E-state index in [2.05, 4.69) is 31.1 Å². The molecule has 8 N–H and O–H groups in total. The van der Waals surface area contributed by atoms with Crippen LogP contribution in [0.2, 0.25) is 0 Å². The smallest absolute Gasteiger partial charge is 0.305 e. The van der Waals surface area contributed by atoms with Crippen LogP contribution in [0.5, 0.6) is 0 Å². The molecule has 4 aliphatic rings. The van der Waals surface area contributed by atoms with Crippen LogP contribution in [0.15, 0.2) is 4.99 Å². The van der Waals surface area contributed by atoms with Crippen LogP contribution < -0.4 is 22.5 Å². The summed E-state index contributed by atoms with van der Waals surface area (Å²) in [6, 6.07) is -0.456. The van der Waals surface area contributed by atoms with Gasteiger partial charge in [-0.1, -0.05) is 20.8 Å². The Morgan fingerprint density at radius 3 is 2.46 bits per heavy atom. The Kier molecular flexibility index (Phi) is 10.3. The van der Waals surface area contributed by atoms with Crippen LogP contribution in [0.25, 0.3) is 0 Å². The van der Waals surface area contributed by atoms with Crippen LogP contribution in [0, 0.1) is 46.3 Å². The third-order valence-electron chi connectivity index (χ3n) is 12.2. The van der Waals surface area contributed by atoms with Gasteiger partial charge in [-0.25, -0.2) is 0 Å². The Labute approximate surface area is 247 Å². The van der Waals surface area contributed by atoms with Gasteiger partial charge in [-0.2, -0.15) is 0 Å². The molecule has 4 fully saturated rings. The van der Waals surface area contributed by atoms with Crippen molar-refractivity contribution in [3.05, 3.63) is 0 Å². The molecule has 9 heteroatoms. The quantitative estimate of drug-likeness (QED) is 0.109. The number of esters is 1. The minimum absolute atomic E-state index is 0.0566. The number of rotatable bonds is 11. The maximum atomic E-state index is 12.8. The van der Waals surface area contributed by atoms with Crippen LogP contribution in [-0.4, -0.2) is 54.3 Å². The van der Waals surface area contributed by atoms with Crippen molar-refractivity contribution in [3.8, 4) is 0 Å². The molecule has 4 aliphatic carbocycles. The number of aliphatic imine (C=N–C) groups is 1. The van der Waals surface area contributed by atoms with E-state index in [9.17, 15) is 14.7 Å². The number of carbonyl (C=O) groups excluding carboxylic acids is 2. The summed E-state index contributed by atoms with van der Waals surface area (Å²) in [5, 5.41) is 14.9. The van der Waals surface area contributed by atoms with Crippen molar-refractivity contribution in [2.45, 2.75) is 123 Å². The first-order valence-corrected chi connectivity index (χ1v) is 16.4. The average Bonchev–Trinajstić information content (AvgIpc) is 3.27. The molecule has 0 aliphatic heterocycles. The Morgan fingerprint density at radius 1 is 1.05 bits per heavy atom. The van der Waals surface area contributed by atoms with E-state index in [4.69, 9.17) is 21.9 Å². The average molecular weight is 576 g/mol. The summed E-state index contributed by atoms with van der Waals surface area (Å²) >= 11 is 0. The highest BCUT2D eigenvalue weighted by atomic mass is 16.5. The van der Waals surface area contributed by atoms with E-state index >= 15 is 0 Å². The molecule has 0 aromatic carbocycles. The first-order chi connectivity index (χ1) is 19.4. The van der Waals surface area contributed by atoms with Gasteiger partial charge < -0.3 is 32.4 Å². The van der Waals surface area contributed by atoms with E-state index in [1.165, 1.54) is 25.7 Å². The number of nitrogens with zero attached hydrogens (tertiary/aromatic N) is 1. The van der Waals surface area contributed by atoms with Crippen LogP contribution in [0.4, 0.5) is 0 Å². The Hall–Kier alpha value is -1.87. The van der Waals surface area contributed by atoms with Crippen LogP contribution >= 0.6 is 0 Å². The SMILES string of the molecule is CCOC(=O)CCC(C)C1CCC2C3C(O)CC4CC(NC(=O)C(N)CCCN=C(N)N)CCC4(C)C3CCC12C. The number of hydrogen-bond acceptors (Lipinski definition) is 6. The zero-order valence-corrected chi connectivity index (χ0v) is 25.9. The van der Waals surface area contributed by atoms with E-state index < -0.39 is 6.04 Å². The van der Waals surface area contributed by atoms with Gasteiger partial charge in [0.1, 0.15) is 0 Å². The largest absolute Gasteiger partial charge is 0.466 e. The highest BCUT2D eigenvalue weighted by Crippen LogP contribution is 2.68. The molecule has 0 aromatic heterocycles. The molecule has 11 atom stereocenters. The molecule has 4 saturated carbocycles. The third-order valence-corrected chi connectivity index (χ3v) is 12.2. The number of aliphatic hydroxyl groups is 1. The Balaban J connectivity index is 1.36. The van der Waals surface area contributed by atoms with Gasteiger partial charge in [0.25, 0.3) is 0 Å². The summed E-state index contributed by atoms with van der Waals surface area (Å²) < 4.78 is 5.19. The lowest BCUT2D eigenvalue weighted by Crippen LogP contribution is -2.60. The number of nitrogens with two attached hydrogens (primary N) is 3. The topological polar surface area (TPSA) is 166 Å². The molecule has 0 radical (unpaired) electrons. The number of hydrogen-bond donors (Lipinski definition) is 5. The molecular weight excluding hydrogens is 518 g/mol. The highest BCUT2D eigenvalue weighted by molar-refractivity contribution is 5.81. The molecule has 11 unspecified atom stereocenters. The van der Waals surface area contributed by atoms with E-state index in [0.29, 0.717) is 67.9 Å². The summed E-state index contributed by atoms with van der Waals surface area (Å²) in [7, 11) is 0. The van der Waals surface area contributed by atoms with Crippen molar-refractivity contribution >= 4 is 17.8 Å². The molecule has 0 spiro atoms. The molecule has 0 aromatic rings. The monoisotopic (exact) mass is 575 g/mol. The van der Waals surface area contributed by atoms with Gasteiger partial charge in [0.2, 0.25) is 5.91 Å². The lowest BCUT2D eigenvalue weighted by atomic mass is 9.43. The summed E-state index contributed by atoms with van der Waals surface area (Å²) in [4.78, 5) is 28.8. The maximum absolute atomic E-state index is 12.8. The lowest BCUT2D eigenvalue weighted by Gasteiger charge is -2.62. The number of aliphatic hydroxyl groups excluding tert-OH is 1. The third kappa shape index (κ3) is 6.71. The maximum Gasteiger partial charge on any atom is 0.305 e. The number of amides is 1. The van der Waals surface area contributed by atoms with Crippen molar-refractivity contribution in [3.63, 3.8) is 0 Å². The number of guanidine groups is 1. The minimum Gasteiger partial charge on any atom is -0.466 e. The molecule has 0 bridgehead atoms. The van der Waals surface area contributed by atoms with Crippen LogP contribution in [0.3, 0.4) is 0 Å². The summed E-state index contributed by atoms with van der Waals surface area (Å²) in [5.74, 6) is 2.77.